The molecule has 0 amide bonds. The molecule has 0 aliphatic heterocycles. The molecule has 0 aromatic carbocycles. The minimum atomic E-state index is -6.17. The van der Waals surface area contributed by atoms with E-state index in [9.17, 15) is 0 Å². The van der Waals surface area contributed by atoms with Gasteiger partial charge in [-0.2, -0.15) is 0 Å². The molecule has 40 heavy (non-hydrogen) atoms. The first kappa shape index (κ1) is 46.8. The summed E-state index contributed by atoms with van der Waals surface area (Å²) >= 11 is -2.14. The Hall–Kier alpha value is -0.144. The second-order valence-corrected chi connectivity index (χ2v) is 44.3. The summed E-state index contributed by atoms with van der Waals surface area (Å²) < 4.78 is 14.3. The van der Waals surface area contributed by atoms with Crippen molar-refractivity contribution in [3.8, 4) is 29.8 Å². The van der Waals surface area contributed by atoms with Crippen molar-refractivity contribution in [3.05, 3.63) is 0 Å². The summed E-state index contributed by atoms with van der Waals surface area (Å²) in [6, 6.07) is 0. The number of rotatable bonds is 15. The molecule has 0 bridgehead atoms. The fourth-order valence-electron chi connectivity index (χ4n) is 3.36. The van der Waals surface area contributed by atoms with Gasteiger partial charge in [0.05, 0.1) is 0 Å². The third-order valence-electron chi connectivity index (χ3n) is 6.84. The van der Waals surface area contributed by atoms with Gasteiger partial charge in [-0.25, -0.2) is 0 Å². The predicted octanol–water partition coefficient (Wildman–Crippen LogP) is 10.1. The number of hydrogen-bond acceptors (Lipinski definition) is 6. The Labute approximate surface area is 269 Å². The van der Waals surface area contributed by atoms with E-state index in [1.54, 1.807) is 39.9 Å². The van der Waals surface area contributed by atoms with Crippen LogP contribution in [0.3, 0.4) is 0 Å². The summed E-state index contributed by atoms with van der Waals surface area (Å²) in [6.45, 7) is 21.2. The van der Waals surface area contributed by atoms with Gasteiger partial charge >= 0.3 is 272 Å². The first-order valence-corrected chi connectivity index (χ1v) is 36.4. The van der Waals surface area contributed by atoms with E-state index in [1.807, 2.05) is 0 Å². The molecule has 0 aromatic rings. The topological polar surface area (TPSA) is 143 Å². The van der Waals surface area contributed by atoms with Crippen LogP contribution in [-0.2, 0) is 10.7 Å². The Morgan fingerprint density at radius 1 is 0.375 bits per heavy atom. The van der Waals surface area contributed by atoms with E-state index in [0.717, 1.165) is 29.8 Å². The van der Waals surface area contributed by atoms with Crippen molar-refractivity contribution in [2.24, 2.45) is 0 Å². The monoisotopic (exact) mass is 917 g/mol. The van der Waals surface area contributed by atoms with Gasteiger partial charge < -0.3 is 0 Å². The average molecular weight is 914 g/mol. The van der Waals surface area contributed by atoms with Crippen LogP contribution in [0.5, 0.6) is 0 Å². The van der Waals surface area contributed by atoms with Gasteiger partial charge in [-0.3, -0.25) is 0 Å². The van der Waals surface area contributed by atoms with Gasteiger partial charge in [-0.05, 0) is 0 Å². The summed E-state index contributed by atoms with van der Waals surface area (Å²) in [5.41, 5.74) is 0. The van der Waals surface area contributed by atoms with Crippen molar-refractivity contribution in [1.29, 1.82) is 31.6 Å². The third kappa shape index (κ3) is 17.7. The zero-order valence-electron chi connectivity index (χ0n) is 27.1. The molecule has 6 nitrogen and oxygen atoms in total. The maximum absolute atomic E-state index is 8.58. The maximum atomic E-state index is 8.58. The standard InChI is InChI=1S/3C4H9.6C2H5.6CN.Fe.3Sn/c3*1-3-4-2;12*1-2;;;;/h3*1,3-4H2,2H3;6*1H2,2H3;;;;;;;;;;/q;;;;;;;;;;;;;;;-3;3*+1. The summed E-state index contributed by atoms with van der Waals surface area (Å²) in [4.78, 5) is 6.19. The quantitative estimate of drug-likeness (QED) is 0.150. The van der Waals surface area contributed by atoms with Crippen LogP contribution in [0.15, 0.2) is 0 Å². The van der Waals surface area contributed by atoms with Crippen LogP contribution in [0, 0.1) is 61.4 Å². The Bertz CT molecular complexity index is 721. The molecule has 0 saturated carbocycles. The summed E-state index contributed by atoms with van der Waals surface area (Å²) in [6.07, 6.45) is 8.75. The Kier molecular flexibility index (Phi) is 32.4. The second-order valence-electron chi connectivity index (χ2n) is 9.48. The van der Waals surface area contributed by atoms with Crippen LogP contribution in [0.2, 0.25) is 39.9 Å². The Morgan fingerprint density at radius 2 is 0.550 bits per heavy atom. The first-order chi connectivity index (χ1) is 19.0. The molecular formula is C30H57FeN6Sn3. The molecule has 0 radical (unpaired) electrons. The molecule has 0 saturated heterocycles. The van der Waals surface area contributed by atoms with E-state index < -0.39 is 70.0 Å². The summed E-state index contributed by atoms with van der Waals surface area (Å²) in [5, 5.41) is 51.5. The first-order valence-electron chi connectivity index (χ1n) is 14.9. The van der Waals surface area contributed by atoms with Crippen LogP contribution in [0.4, 0.5) is 0 Å². The molecule has 0 aliphatic rings. The molecule has 0 N–H and O–H groups in total. The minimum absolute atomic E-state index is 0.715. The van der Waals surface area contributed by atoms with Gasteiger partial charge in [0.25, 0.3) is 0 Å². The van der Waals surface area contributed by atoms with Crippen LogP contribution in [-0.4, -0.2) is 59.3 Å². The molecule has 227 valence electrons. The van der Waals surface area contributed by atoms with Gasteiger partial charge in [0, 0.05) is 0 Å². The van der Waals surface area contributed by atoms with Crippen molar-refractivity contribution < 1.29 is 10.7 Å². The van der Waals surface area contributed by atoms with Gasteiger partial charge in [0.15, 0.2) is 0 Å². The number of unbranched alkanes of at least 4 members (excludes halogenated alkanes) is 3. The number of hydrogen-bond donors (Lipinski definition) is 0. The van der Waals surface area contributed by atoms with Crippen molar-refractivity contribution in [2.75, 3.05) is 0 Å². The molecule has 0 heterocycles. The van der Waals surface area contributed by atoms with E-state index in [2.05, 4.69) is 62.3 Å². The van der Waals surface area contributed by atoms with Crippen molar-refractivity contribution in [1.82, 2.24) is 0 Å². The molecule has 0 atom stereocenters. The van der Waals surface area contributed by atoms with E-state index in [1.165, 1.54) is 38.5 Å². The van der Waals surface area contributed by atoms with E-state index in [4.69, 9.17) is 31.6 Å². The van der Waals surface area contributed by atoms with Crippen LogP contribution in [0.1, 0.15) is 101 Å². The SMILES string of the molecule is CCC[CH2][Sn+]([CH2]C)[CH2]C.CCC[CH2][Sn+]([CH2]C)[CH2]C.CCC[CH2][Sn+]([CH2]C)[CH2]C.N#[C][Fe-3]([C]#N)([C]#N)([C]#N)([C]#N)[C]#N. The molecule has 0 aromatic heterocycles. The molecule has 10 heteroatoms. The zero-order valence-corrected chi connectivity index (χ0v) is 36.8. The normalized spacial score (nSPS) is 10.9. The van der Waals surface area contributed by atoms with Crippen LogP contribution < -0.4 is 0 Å². The van der Waals surface area contributed by atoms with E-state index in [0.29, 0.717) is 0 Å². The molecule has 0 unspecified atom stereocenters. The van der Waals surface area contributed by atoms with Crippen molar-refractivity contribution in [2.45, 2.75) is 141 Å². The summed E-state index contributed by atoms with van der Waals surface area (Å²) in [7, 11) is -6.17. The van der Waals surface area contributed by atoms with Crippen molar-refractivity contribution >= 4 is 59.3 Å². The molecule has 0 rings (SSSR count). The third-order valence-corrected chi connectivity index (χ3v) is 36.7. The number of nitrogens with zero attached hydrogens (tertiary/aromatic N) is 6. The fraction of sp³-hybridized carbons (Fsp3) is 0.800. The Morgan fingerprint density at radius 3 is 0.625 bits per heavy atom. The van der Waals surface area contributed by atoms with Crippen LogP contribution in [0.25, 0.3) is 0 Å². The van der Waals surface area contributed by atoms with Gasteiger partial charge in [-0.15, -0.1) is 0 Å². The molecule has 0 aliphatic carbocycles. The average Bonchev–Trinajstić information content (AvgIpc) is 3.03. The fourth-order valence-corrected chi connectivity index (χ4v) is 21.8. The van der Waals surface area contributed by atoms with E-state index in [-0.39, 0.29) is 0 Å². The Balaban J connectivity index is -0.000000219. The van der Waals surface area contributed by atoms with Gasteiger partial charge in [-0.1, -0.05) is 0 Å². The summed E-state index contributed by atoms with van der Waals surface area (Å²) in [5.74, 6) is 0. The van der Waals surface area contributed by atoms with Gasteiger partial charge in [0.2, 0.25) is 0 Å². The zero-order chi connectivity index (χ0) is 32.0. The second kappa shape index (κ2) is 27.7. The van der Waals surface area contributed by atoms with E-state index >= 15 is 0 Å². The molecular weight excluding hydrogens is 856 g/mol. The number of nitriles is 6. The van der Waals surface area contributed by atoms with Gasteiger partial charge in [0.1, 0.15) is 0 Å². The molecule has 0 fully saturated rings. The predicted molar refractivity (Wildman–Crippen MR) is 173 cm³/mol. The molecule has 0 spiro atoms. The van der Waals surface area contributed by atoms with Crippen LogP contribution >= 0.6 is 0 Å². The van der Waals surface area contributed by atoms with Crippen molar-refractivity contribution in [3.63, 3.8) is 0 Å².